The van der Waals surface area contributed by atoms with Crippen molar-refractivity contribution in [2.75, 3.05) is 0 Å². The van der Waals surface area contributed by atoms with Gasteiger partial charge in [0.15, 0.2) is 6.04 Å². The molecule has 0 bridgehead atoms. The number of carboxylic acids is 1. The predicted molar refractivity (Wildman–Crippen MR) is 55.2 cm³/mol. The molecule has 0 aliphatic heterocycles. The van der Waals surface area contributed by atoms with Crippen molar-refractivity contribution in [2.45, 2.75) is 26.0 Å². The van der Waals surface area contributed by atoms with Crippen molar-refractivity contribution < 1.29 is 19.8 Å². The van der Waals surface area contributed by atoms with E-state index in [-0.39, 0.29) is 4.88 Å². The van der Waals surface area contributed by atoms with E-state index < -0.39 is 24.0 Å². The molecule has 1 heterocycles. The molecule has 0 spiro atoms. The zero-order valence-corrected chi connectivity index (χ0v) is 9.48. The maximum atomic E-state index is 11.6. The van der Waals surface area contributed by atoms with Gasteiger partial charge >= 0.3 is 5.97 Å². The number of carbonyl (C=O) groups is 2. The Bertz CT molecular complexity index is 404. The maximum Gasteiger partial charge on any atom is 0.328 e. The molecule has 8 heteroatoms. The van der Waals surface area contributed by atoms with Gasteiger partial charge in [0.1, 0.15) is 4.88 Å². The van der Waals surface area contributed by atoms with Crippen molar-refractivity contribution in [3.8, 4) is 0 Å². The summed E-state index contributed by atoms with van der Waals surface area (Å²) in [5.74, 6) is -1.89. The summed E-state index contributed by atoms with van der Waals surface area (Å²) < 4.78 is 3.56. The van der Waals surface area contributed by atoms with E-state index in [1.54, 1.807) is 6.92 Å². The summed E-state index contributed by atoms with van der Waals surface area (Å²) in [4.78, 5) is 22.6. The lowest BCUT2D eigenvalue weighted by molar-refractivity contribution is -0.141. The van der Waals surface area contributed by atoms with Crippen LogP contribution in [-0.2, 0) is 4.79 Å². The molecule has 2 atom stereocenters. The number of nitrogens with one attached hydrogen (secondary N) is 1. The Hall–Kier alpha value is -1.54. The van der Waals surface area contributed by atoms with Crippen LogP contribution in [0.2, 0.25) is 0 Å². The SMILES string of the molecule is Cc1nnsc1C(=O)N[C@H](C(=O)O)[C@@H](C)O. The Balaban J connectivity index is 2.77. The monoisotopic (exact) mass is 245 g/mol. The standard InChI is InChI=1S/C8H11N3O4S/c1-3-6(16-11-10-3)7(13)9-5(4(2)12)8(14)15/h4-5,12H,1-2H3,(H,9,13)(H,14,15)/t4-,5+/m1/s1. The Morgan fingerprint density at radius 2 is 2.12 bits per heavy atom. The van der Waals surface area contributed by atoms with Crippen LogP contribution >= 0.6 is 11.5 Å². The lowest BCUT2D eigenvalue weighted by Crippen LogP contribution is -2.47. The minimum atomic E-state index is -1.34. The zero-order valence-electron chi connectivity index (χ0n) is 8.67. The maximum absolute atomic E-state index is 11.6. The third-order valence-electron chi connectivity index (χ3n) is 1.89. The lowest BCUT2D eigenvalue weighted by atomic mass is 10.2. The van der Waals surface area contributed by atoms with Crippen LogP contribution in [0.15, 0.2) is 0 Å². The van der Waals surface area contributed by atoms with Gasteiger partial charge in [0.25, 0.3) is 5.91 Å². The normalized spacial score (nSPS) is 14.2. The fourth-order valence-corrected chi connectivity index (χ4v) is 1.59. The minimum Gasteiger partial charge on any atom is -0.480 e. The van der Waals surface area contributed by atoms with Crippen LogP contribution in [0.3, 0.4) is 0 Å². The molecule has 16 heavy (non-hydrogen) atoms. The highest BCUT2D eigenvalue weighted by atomic mass is 32.1. The third kappa shape index (κ3) is 2.74. The Labute approximate surface area is 95.3 Å². The molecule has 0 unspecified atom stereocenters. The molecule has 0 aromatic carbocycles. The number of amides is 1. The summed E-state index contributed by atoms with van der Waals surface area (Å²) in [6.45, 7) is 2.88. The van der Waals surface area contributed by atoms with Crippen LogP contribution < -0.4 is 5.32 Å². The van der Waals surface area contributed by atoms with Crippen molar-refractivity contribution in [1.29, 1.82) is 0 Å². The number of aliphatic carboxylic acids is 1. The molecule has 0 radical (unpaired) electrons. The van der Waals surface area contributed by atoms with Gasteiger partial charge in [-0.15, -0.1) is 5.10 Å². The van der Waals surface area contributed by atoms with E-state index in [0.717, 1.165) is 11.5 Å². The van der Waals surface area contributed by atoms with E-state index in [9.17, 15) is 14.7 Å². The summed E-state index contributed by atoms with van der Waals surface area (Å²) in [5, 5.41) is 23.8. The van der Waals surface area contributed by atoms with Crippen molar-refractivity contribution in [1.82, 2.24) is 14.9 Å². The van der Waals surface area contributed by atoms with Gasteiger partial charge in [0, 0.05) is 0 Å². The molecule has 0 fully saturated rings. The van der Waals surface area contributed by atoms with Crippen molar-refractivity contribution in [3.05, 3.63) is 10.6 Å². The lowest BCUT2D eigenvalue weighted by Gasteiger charge is -2.16. The fraction of sp³-hybridized carbons (Fsp3) is 0.500. The number of aliphatic hydroxyl groups excluding tert-OH is 1. The second-order valence-corrected chi connectivity index (χ2v) is 3.97. The van der Waals surface area contributed by atoms with E-state index in [2.05, 4.69) is 14.9 Å². The summed E-state index contributed by atoms with van der Waals surface area (Å²) in [5.41, 5.74) is 0.428. The summed E-state index contributed by atoms with van der Waals surface area (Å²) >= 11 is 0.875. The molecule has 1 rings (SSSR count). The second kappa shape index (κ2) is 4.99. The number of carbonyl (C=O) groups excluding carboxylic acids is 1. The molecule has 3 N–H and O–H groups in total. The molecule has 7 nitrogen and oxygen atoms in total. The number of aryl methyl sites for hydroxylation is 1. The average molecular weight is 245 g/mol. The highest BCUT2D eigenvalue weighted by Crippen LogP contribution is 2.09. The van der Waals surface area contributed by atoms with Gasteiger partial charge in [-0.25, -0.2) is 4.79 Å². The van der Waals surface area contributed by atoms with E-state index in [4.69, 9.17) is 5.11 Å². The van der Waals surface area contributed by atoms with E-state index in [0.29, 0.717) is 5.69 Å². The van der Waals surface area contributed by atoms with Gasteiger partial charge in [-0.1, -0.05) is 4.49 Å². The molecular weight excluding hydrogens is 234 g/mol. The number of rotatable bonds is 4. The van der Waals surface area contributed by atoms with E-state index >= 15 is 0 Å². The van der Waals surface area contributed by atoms with Crippen LogP contribution in [0, 0.1) is 6.92 Å². The van der Waals surface area contributed by atoms with Gasteiger partial charge in [0.05, 0.1) is 11.8 Å². The first kappa shape index (κ1) is 12.5. The Morgan fingerprint density at radius 3 is 2.50 bits per heavy atom. The van der Waals surface area contributed by atoms with E-state index in [1.807, 2.05) is 0 Å². The third-order valence-corrected chi connectivity index (χ3v) is 2.72. The van der Waals surface area contributed by atoms with Crippen LogP contribution in [0.25, 0.3) is 0 Å². The fourth-order valence-electron chi connectivity index (χ4n) is 1.04. The highest BCUT2D eigenvalue weighted by Gasteiger charge is 2.26. The smallest absolute Gasteiger partial charge is 0.328 e. The van der Waals surface area contributed by atoms with Gasteiger partial charge < -0.3 is 15.5 Å². The van der Waals surface area contributed by atoms with Crippen LogP contribution in [-0.4, -0.2) is 43.8 Å². The summed E-state index contributed by atoms with van der Waals surface area (Å²) in [6.07, 6.45) is -1.18. The molecule has 1 aromatic rings. The molecule has 0 aliphatic rings. The molecule has 88 valence electrons. The van der Waals surface area contributed by atoms with Gasteiger partial charge in [-0.05, 0) is 25.4 Å². The second-order valence-electron chi connectivity index (χ2n) is 3.22. The number of hydrogen-bond donors (Lipinski definition) is 3. The number of nitrogens with zero attached hydrogens (tertiary/aromatic N) is 2. The molecule has 0 saturated carbocycles. The van der Waals surface area contributed by atoms with Crippen LogP contribution in [0.5, 0.6) is 0 Å². The average Bonchev–Trinajstić information content (AvgIpc) is 2.59. The van der Waals surface area contributed by atoms with Crippen molar-refractivity contribution in [3.63, 3.8) is 0 Å². The molecule has 1 aromatic heterocycles. The minimum absolute atomic E-state index is 0.242. The quantitative estimate of drug-likeness (QED) is 0.653. The van der Waals surface area contributed by atoms with Crippen LogP contribution in [0.1, 0.15) is 22.3 Å². The van der Waals surface area contributed by atoms with Gasteiger partial charge in [-0.2, -0.15) is 0 Å². The highest BCUT2D eigenvalue weighted by molar-refractivity contribution is 7.08. The van der Waals surface area contributed by atoms with Crippen LogP contribution in [0.4, 0.5) is 0 Å². The molecule has 0 aliphatic carbocycles. The first-order valence-corrected chi connectivity index (χ1v) is 5.21. The Morgan fingerprint density at radius 1 is 1.50 bits per heavy atom. The van der Waals surface area contributed by atoms with Gasteiger partial charge in [0.2, 0.25) is 0 Å². The van der Waals surface area contributed by atoms with Gasteiger partial charge in [-0.3, -0.25) is 4.79 Å². The summed E-state index contributed by atoms with van der Waals surface area (Å²) in [6, 6.07) is -1.34. The predicted octanol–water partition coefficient (Wildman–Crippen LogP) is -0.590. The Kier molecular flexibility index (Phi) is 3.91. The molecule has 1 amide bonds. The molecular formula is C8H11N3O4S. The first-order chi connectivity index (χ1) is 7.43. The summed E-state index contributed by atoms with van der Waals surface area (Å²) in [7, 11) is 0. The first-order valence-electron chi connectivity index (χ1n) is 4.44. The number of aliphatic hydroxyl groups is 1. The number of carboxylic acid groups (broad SMARTS) is 1. The number of hydrogen-bond acceptors (Lipinski definition) is 6. The topological polar surface area (TPSA) is 112 Å². The van der Waals surface area contributed by atoms with E-state index in [1.165, 1.54) is 6.92 Å². The number of aromatic nitrogens is 2. The van der Waals surface area contributed by atoms with Crippen molar-refractivity contribution >= 4 is 23.4 Å². The zero-order chi connectivity index (χ0) is 12.3. The largest absolute Gasteiger partial charge is 0.480 e. The van der Waals surface area contributed by atoms with Crippen molar-refractivity contribution in [2.24, 2.45) is 0 Å². The molecule has 0 saturated heterocycles.